The molecule has 0 bridgehead atoms. The van der Waals surface area contributed by atoms with E-state index in [1.807, 2.05) is 50.2 Å². The van der Waals surface area contributed by atoms with E-state index in [4.69, 9.17) is 0 Å². The topological polar surface area (TPSA) is 33.2 Å². The minimum absolute atomic E-state index is 0.0137. The Morgan fingerprint density at radius 2 is 2.00 bits per heavy atom. The van der Waals surface area contributed by atoms with E-state index < -0.39 is 0 Å². The van der Waals surface area contributed by atoms with Gasteiger partial charge in [-0.2, -0.15) is 0 Å². The Labute approximate surface area is 127 Å². The van der Waals surface area contributed by atoms with Gasteiger partial charge in [-0.15, -0.1) is 0 Å². The molecule has 0 atom stereocenters. The molecule has 1 aromatic carbocycles. The molecular weight excluding hydrogens is 316 g/mol. The van der Waals surface area contributed by atoms with E-state index in [9.17, 15) is 4.79 Å². The lowest BCUT2D eigenvalue weighted by Crippen LogP contribution is -2.27. The number of hydrogen-bond acceptors (Lipinski definition) is 2. The molecule has 0 aliphatic carbocycles. The average molecular weight is 333 g/mol. The van der Waals surface area contributed by atoms with Crippen molar-refractivity contribution < 1.29 is 4.79 Å². The molecule has 0 aliphatic heterocycles. The SMILES string of the molecule is Cc1ccc(C(=O)N(C)Cc2cccc(C)n2)c(Br)c1. The van der Waals surface area contributed by atoms with Crippen LogP contribution in [0.4, 0.5) is 0 Å². The molecule has 3 nitrogen and oxygen atoms in total. The molecule has 1 amide bonds. The summed E-state index contributed by atoms with van der Waals surface area (Å²) in [4.78, 5) is 18.5. The van der Waals surface area contributed by atoms with E-state index in [-0.39, 0.29) is 5.91 Å². The van der Waals surface area contributed by atoms with Crippen LogP contribution in [0.5, 0.6) is 0 Å². The highest BCUT2D eigenvalue weighted by Crippen LogP contribution is 2.20. The van der Waals surface area contributed by atoms with Gasteiger partial charge in [0.1, 0.15) is 0 Å². The minimum atomic E-state index is -0.0137. The van der Waals surface area contributed by atoms with Gasteiger partial charge in [0.25, 0.3) is 5.91 Å². The van der Waals surface area contributed by atoms with Gasteiger partial charge in [-0.05, 0) is 59.6 Å². The Balaban J connectivity index is 2.16. The maximum Gasteiger partial charge on any atom is 0.255 e. The number of nitrogens with zero attached hydrogens (tertiary/aromatic N) is 2. The highest BCUT2D eigenvalue weighted by molar-refractivity contribution is 9.10. The Hall–Kier alpha value is -1.68. The number of carbonyl (C=O) groups excluding carboxylic acids is 1. The van der Waals surface area contributed by atoms with Gasteiger partial charge in [-0.3, -0.25) is 9.78 Å². The van der Waals surface area contributed by atoms with Crippen molar-refractivity contribution in [3.8, 4) is 0 Å². The van der Waals surface area contributed by atoms with Crippen molar-refractivity contribution in [3.63, 3.8) is 0 Å². The van der Waals surface area contributed by atoms with Gasteiger partial charge in [0.2, 0.25) is 0 Å². The third-order valence-electron chi connectivity index (χ3n) is 3.05. The van der Waals surface area contributed by atoms with Crippen molar-refractivity contribution in [2.24, 2.45) is 0 Å². The van der Waals surface area contributed by atoms with E-state index in [1.165, 1.54) is 0 Å². The first-order valence-electron chi connectivity index (χ1n) is 6.41. The average Bonchev–Trinajstić information content (AvgIpc) is 2.38. The molecule has 0 unspecified atom stereocenters. The zero-order chi connectivity index (χ0) is 14.7. The second kappa shape index (κ2) is 6.18. The zero-order valence-corrected chi connectivity index (χ0v) is 13.4. The maximum atomic E-state index is 12.4. The quantitative estimate of drug-likeness (QED) is 0.857. The Morgan fingerprint density at radius 3 is 2.65 bits per heavy atom. The number of aryl methyl sites for hydroxylation is 2. The highest BCUT2D eigenvalue weighted by atomic mass is 79.9. The fraction of sp³-hybridized carbons (Fsp3) is 0.250. The second-order valence-corrected chi connectivity index (χ2v) is 5.77. The molecule has 2 aromatic rings. The van der Waals surface area contributed by atoms with Crippen LogP contribution in [0.2, 0.25) is 0 Å². The fourth-order valence-electron chi connectivity index (χ4n) is 2.00. The molecule has 1 aromatic heterocycles. The molecule has 20 heavy (non-hydrogen) atoms. The monoisotopic (exact) mass is 332 g/mol. The van der Waals surface area contributed by atoms with Crippen LogP contribution in [0.3, 0.4) is 0 Å². The van der Waals surface area contributed by atoms with Crippen molar-refractivity contribution in [1.29, 1.82) is 0 Å². The molecule has 0 saturated heterocycles. The molecule has 0 aliphatic rings. The maximum absolute atomic E-state index is 12.4. The van der Waals surface area contributed by atoms with E-state index in [0.717, 1.165) is 21.4 Å². The first-order chi connectivity index (χ1) is 9.47. The first-order valence-corrected chi connectivity index (χ1v) is 7.21. The van der Waals surface area contributed by atoms with Gasteiger partial charge in [-0.25, -0.2) is 0 Å². The van der Waals surface area contributed by atoms with Crippen molar-refractivity contribution >= 4 is 21.8 Å². The molecule has 0 N–H and O–H groups in total. The van der Waals surface area contributed by atoms with E-state index >= 15 is 0 Å². The molecule has 0 saturated carbocycles. The van der Waals surface area contributed by atoms with E-state index in [1.54, 1.807) is 11.9 Å². The summed E-state index contributed by atoms with van der Waals surface area (Å²) in [6.45, 7) is 4.45. The Bertz CT molecular complexity index is 640. The van der Waals surface area contributed by atoms with Crippen LogP contribution in [0, 0.1) is 13.8 Å². The summed E-state index contributed by atoms with van der Waals surface area (Å²) in [7, 11) is 1.79. The highest BCUT2D eigenvalue weighted by Gasteiger charge is 2.15. The number of carbonyl (C=O) groups is 1. The van der Waals surface area contributed by atoms with Gasteiger partial charge < -0.3 is 4.90 Å². The lowest BCUT2D eigenvalue weighted by atomic mass is 10.1. The van der Waals surface area contributed by atoms with Crippen molar-refractivity contribution in [3.05, 3.63) is 63.4 Å². The van der Waals surface area contributed by atoms with Crippen LogP contribution in [0.15, 0.2) is 40.9 Å². The number of hydrogen-bond donors (Lipinski definition) is 0. The standard InChI is InChI=1S/C16H17BrN2O/c1-11-7-8-14(15(17)9-11)16(20)19(3)10-13-6-4-5-12(2)18-13/h4-9H,10H2,1-3H3. The van der Waals surface area contributed by atoms with E-state index in [0.29, 0.717) is 12.1 Å². The lowest BCUT2D eigenvalue weighted by Gasteiger charge is -2.18. The normalized spacial score (nSPS) is 10.4. The van der Waals surface area contributed by atoms with Gasteiger partial charge >= 0.3 is 0 Å². The number of rotatable bonds is 3. The largest absolute Gasteiger partial charge is 0.336 e. The number of benzene rings is 1. The van der Waals surface area contributed by atoms with Crippen molar-refractivity contribution in [1.82, 2.24) is 9.88 Å². The summed E-state index contributed by atoms with van der Waals surface area (Å²) in [5.41, 5.74) is 3.64. The molecule has 0 radical (unpaired) electrons. The summed E-state index contributed by atoms with van der Waals surface area (Å²) in [5, 5.41) is 0. The molecule has 104 valence electrons. The van der Waals surface area contributed by atoms with Gasteiger partial charge in [0.15, 0.2) is 0 Å². The van der Waals surface area contributed by atoms with Gasteiger partial charge in [-0.1, -0.05) is 12.1 Å². The third-order valence-corrected chi connectivity index (χ3v) is 3.70. The third kappa shape index (κ3) is 3.45. The van der Waals surface area contributed by atoms with Crippen LogP contribution in [0.25, 0.3) is 0 Å². The number of aromatic nitrogens is 1. The van der Waals surface area contributed by atoms with Crippen LogP contribution in [0.1, 0.15) is 27.3 Å². The van der Waals surface area contributed by atoms with E-state index in [2.05, 4.69) is 20.9 Å². The molecule has 2 rings (SSSR count). The molecule has 1 heterocycles. The van der Waals surface area contributed by atoms with Crippen molar-refractivity contribution in [2.45, 2.75) is 20.4 Å². The second-order valence-electron chi connectivity index (χ2n) is 4.91. The number of pyridine rings is 1. The first kappa shape index (κ1) is 14.7. The smallest absolute Gasteiger partial charge is 0.255 e. The lowest BCUT2D eigenvalue weighted by molar-refractivity contribution is 0.0782. The predicted molar refractivity (Wildman–Crippen MR) is 83.7 cm³/mol. The van der Waals surface area contributed by atoms with Crippen LogP contribution in [-0.4, -0.2) is 22.8 Å². The number of amides is 1. The van der Waals surface area contributed by atoms with Crippen LogP contribution < -0.4 is 0 Å². The van der Waals surface area contributed by atoms with Crippen LogP contribution in [-0.2, 0) is 6.54 Å². The molecule has 0 spiro atoms. The summed E-state index contributed by atoms with van der Waals surface area (Å²) >= 11 is 3.45. The van der Waals surface area contributed by atoms with Crippen molar-refractivity contribution in [2.75, 3.05) is 7.05 Å². The summed E-state index contributed by atoms with van der Waals surface area (Å²) in [6, 6.07) is 11.6. The zero-order valence-electron chi connectivity index (χ0n) is 11.9. The fourth-order valence-corrected chi connectivity index (χ4v) is 2.66. The number of halogens is 1. The summed E-state index contributed by atoms with van der Waals surface area (Å²) in [5.74, 6) is -0.0137. The molecular formula is C16H17BrN2O. The van der Waals surface area contributed by atoms with Gasteiger partial charge in [0.05, 0.1) is 17.8 Å². The Morgan fingerprint density at radius 1 is 1.25 bits per heavy atom. The Kier molecular flexibility index (Phi) is 4.55. The summed E-state index contributed by atoms with van der Waals surface area (Å²) in [6.07, 6.45) is 0. The molecule has 0 fully saturated rings. The predicted octanol–water partition coefficient (Wildman–Crippen LogP) is 3.73. The summed E-state index contributed by atoms with van der Waals surface area (Å²) < 4.78 is 0.826. The van der Waals surface area contributed by atoms with Crippen LogP contribution >= 0.6 is 15.9 Å². The minimum Gasteiger partial charge on any atom is -0.336 e. The van der Waals surface area contributed by atoms with Gasteiger partial charge in [0, 0.05) is 17.2 Å². The molecule has 4 heteroatoms.